The maximum absolute atomic E-state index is 12.5. The van der Waals surface area contributed by atoms with E-state index in [9.17, 15) is 14.9 Å². The van der Waals surface area contributed by atoms with Gasteiger partial charge in [-0.05, 0) is 24.3 Å². The molecule has 0 aliphatic rings. The van der Waals surface area contributed by atoms with Gasteiger partial charge in [0.15, 0.2) is 0 Å². The SMILES string of the molecule is N#C/C(=C/c1cn(CC(=O)O)c2ccccc12)C(=O)Nc1cccc(Cl)c1Cl. The van der Waals surface area contributed by atoms with Crippen molar-refractivity contribution in [1.82, 2.24) is 4.57 Å². The monoisotopic (exact) mass is 413 g/mol. The maximum atomic E-state index is 12.5. The number of nitrogens with one attached hydrogen (secondary N) is 1. The van der Waals surface area contributed by atoms with E-state index in [-0.39, 0.29) is 27.9 Å². The first-order chi connectivity index (χ1) is 13.4. The van der Waals surface area contributed by atoms with Crippen LogP contribution in [0.2, 0.25) is 10.0 Å². The van der Waals surface area contributed by atoms with Crippen molar-refractivity contribution in [2.24, 2.45) is 0 Å². The summed E-state index contributed by atoms with van der Waals surface area (Å²) >= 11 is 12.0. The summed E-state index contributed by atoms with van der Waals surface area (Å²) in [7, 11) is 0. The number of carbonyl (C=O) groups excluding carboxylic acids is 1. The largest absolute Gasteiger partial charge is 0.480 e. The second-order valence-corrected chi connectivity index (χ2v) is 6.63. The minimum atomic E-state index is -0.995. The van der Waals surface area contributed by atoms with Crippen LogP contribution < -0.4 is 5.32 Å². The second kappa shape index (κ2) is 8.17. The van der Waals surface area contributed by atoms with E-state index >= 15 is 0 Å². The highest BCUT2D eigenvalue weighted by Crippen LogP contribution is 2.30. The van der Waals surface area contributed by atoms with Crippen LogP contribution in [-0.2, 0) is 16.1 Å². The lowest BCUT2D eigenvalue weighted by molar-refractivity contribution is -0.137. The fourth-order valence-corrected chi connectivity index (χ4v) is 3.11. The van der Waals surface area contributed by atoms with Gasteiger partial charge in [0, 0.05) is 22.7 Å². The van der Waals surface area contributed by atoms with Crippen molar-refractivity contribution in [1.29, 1.82) is 5.26 Å². The number of fused-ring (bicyclic) bond motifs is 1. The Morgan fingerprint density at radius 1 is 1.18 bits per heavy atom. The highest BCUT2D eigenvalue weighted by molar-refractivity contribution is 6.44. The molecule has 3 rings (SSSR count). The molecule has 1 aromatic heterocycles. The van der Waals surface area contributed by atoms with Gasteiger partial charge in [-0.1, -0.05) is 47.5 Å². The number of hydrogen-bond donors (Lipinski definition) is 2. The number of anilines is 1. The third kappa shape index (κ3) is 4.01. The molecule has 8 heteroatoms. The Balaban J connectivity index is 1.99. The van der Waals surface area contributed by atoms with Gasteiger partial charge in [0.2, 0.25) is 0 Å². The number of carboxylic acid groups (broad SMARTS) is 1. The Kier molecular flexibility index (Phi) is 5.69. The van der Waals surface area contributed by atoms with Crippen molar-refractivity contribution in [2.75, 3.05) is 5.32 Å². The first-order valence-corrected chi connectivity index (χ1v) is 8.83. The van der Waals surface area contributed by atoms with Gasteiger partial charge in [-0.2, -0.15) is 5.26 Å². The van der Waals surface area contributed by atoms with E-state index in [0.717, 1.165) is 5.39 Å². The normalized spacial score (nSPS) is 11.2. The van der Waals surface area contributed by atoms with Crippen LogP contribution >= 0.6 is 23.2 Å². The minimum Gasteiger partial charge on any atom is -0.480 e. The number of aliphatic carboxylic acids is 1. The Morgan fingerprint density at radius 3 is 2.64 bits per heavy atom. The Bertz CT molecular complexity index is 1160. The molecule has 28 heavy (non-hydrogen) atoms. The van der Waals surface area contributed by atoms with Crippen molar-refractivity contribution >= 4 is 57.7 Å². The maximum Gasteiger partial charge on any atom is 0.323 e. The molecule has 0 spiro atoms. The fourth-order valence-electron chi connectivity index (χ4n) is 2.76. The van der Waals surface area contributed by atoms with Crippen LogP contribution in [0.1, 0.15) is 5.56 Å². The number of carbonyl (C=O) groups is 2. The molecule has 0 aliphatic carbocycles. The summed E-state index contributed by atoms with van der Waals surface area (Å²) in [5.74, 6) is -1.65. The molecule has 1 amide bonds. The molecule has 0 radical (unpaired) electrons. The summed E-state index contributed by atoms with van der Waals surface area (Å²) in [5, 5.41) is 22.3. The van der Waals surface area contributed by atoms with Crippen LogP contribution in [-0.4, -0.2) is 21.6 Å². The van der Waals surface area contributed by atoms with Crippen molar-refractivity contribution < 1.29 is 14.7 Å². The quantitative estimate of drug-likeness (QED) is 0.472. The topological polar surface area (TPSA) is 95.1 Å². The molecule has 3 aromatic rings. The number of para-hydroxylation sites is 1. The molecule has 2 N–H and O–H groups in total. The molecule has 140 valence electrons. The molecule has 2 aromatic carbocycles. The molecular weight excluding hydrogens is 401 g/mol. The predicted octanol–water partition coefficient (Wildman–Crippen LogP) is 4.58. The molecule has 0 saturated heterocycles. The number of benzene rings is 2. The van der Waals surface area contributed by atoms with Crippen molar-refractivity contribution in [2.45, 2.75) is 6.54 Å². The molecule has 0 bridgehead atoms. The molecule has 0 fully saturated rings. The van der Waals surface area contributed by atoms with Gasteiger partial charge in [0.1, 0.15) is 18.2 Å². The summed E-state index contributed by atoms with van der Waals surface area (Å²) in [6.45, 7) is -0.236. The van der Waals surface area contributed by atoms with Crippen LogP contribution in [0.15, 0.2) is 54.2 Å². The average Bonchev–Trinajstić information content (AvgIpc) is 3.00. The summed E-state index contributed by atoms with van der Waals surface area (Å²) < 4.78 is 1.55. The van der Waals surface area contributed by atoms with E-state index in [4.69, 9.17) is 28.3 Å². The highest BCUT2D eigenvalue weighted by Gasteiger charge is 2.15. The lowest BCUT2D eigenvalue weighted by atomic mass is 10.1. The van der Waals surface area contributed by atoms with E-state index in [0.29, 0.717) is 11.1 Å². The van der Waals surface area contributed by atoms with Crippen LogP contribution in [0.5, 0.6) is 0 Å². The van der Waals surface area contributed by atoms with Gasteiger partial charge in [0.25, 0.3) is 5.91 Å². The first-order valence-electron chi connectivity index (χ1n) is 8.07. The van der Waals surface area contributed by atoms with E-state index < -0.39 is 11.9 Å². The average molecular weight is 414 g/mol. The van der Waals surface area contributed by atoms with Crippen LogP contribution in [0.4, 0.5) is 5.69 Å². The van der Waals surface area contributed by atoms with Crippen LogP contribution in [0, 0.1) is 11.3 Å². The van der Waals surface area contributed by atoms with Crippen molar-refractivity contribution in [3.05, 3.63) is 69.8 Å². The summed E-state index contributed by atoms with van der Waals surface area (Å²) in [6.07, 6.45) is 3.00. The van der Waals surface area contributed by atoms with E-state index in [1.54, 1.807) is 53.2 Å². The molecule has 0 atom stereocenters. The molecular formula is C20H13Cl2N3O3. The van der Waals surface area contributed by atoms with Gasteiger partial charge in [-0.3, -0.25) is 9.59 Å². The van der Waals surface area contributed by atoms with Gasteiger partial charge in [0.05, 0.1) is 15.7 Å². The number of carboxylic acids is 1. The number of nitrogens with zero attached hydrogens (tertiary/aromatic N) is 2. The molecule has 0 aliphatic heterocycles. The van der Waals surface area contributed by atoms with Crippen LogP contribution in [0.3, 0.4) is 0 Å². The molecule has 0 unspecified atom stereocenters. The predicted molar refractivity (Wildman–Crippen MR) is 108 cm³/mol. The zero-order valence-corrected chi connectivity index (χ0v) is 15.8. The summed E-state index contributed by atoms with van der Waals surface area (Å²) in [6, 6.07) is 13.8. The smallest absolute Gasteiger partial charge is 0.323 e. The number of nitriles is 1. The summed E-state index contributed by atoms with van der Waals surface area (Å²) in [4.78, 5) is 23.6. The lowest BCUT2D eigenvalue weighted by Crippen LogP contribution is -2.13. The molecule has 0 saturated carbocycles. The third-order valence-corrected chi connectivity index (χ3v) is 4.81. The van der Waals surface area contributed by atoms with Crippen molar-refractivity contribution in [3.63, 3.8) is 0 Å². The number of rotatable bonds is 5. The Morgan fingerprint density at radius 2 is 1.93 bits per heavy atom. The number of hydrogen-bond acceptors (Lipinski definition) is 3. The van der Waals surface area contributed by atoms with Crippen LogP contribution in [0.25, 0.3) is 17.0 Å². The van der Waals surface area contributed by atoms with E-state index in [1.807, 2.05) is 6.07 Å². The molecule has 1 heterocycles. The minimum absolute atomic E-state index is 0.158. The number of amides is 1. The lowest BCUT2D eigenvalue weighted by Gasteiger charge is -2.07. The van der Waals surface area contributed by atoms with Gasteiger partial charge < -0.3 is 15.0 Å². The second-order valence-electron chi connectivity index (χ2n) is 5.85. The number of aromatic nitrogens is 1. The first kappa shape index (κ1) is 19.5. The van der Waals surface area contributed by atoms with E-state index in [1.165, 1.54) is 6.08 Å². The van der Waals surface area contributed by atoms with Crippen molar-refractivity contribution in [3.8, 4) is 6.07 Å². The van der Waals surface area contributed by atoms with Gasteiger partial charge >= 0.3 is 5.97 Å². The van der Waals surface area contributed by atoms with Gasteiger partial charge in [-0.15, -0.1) is 0 Å². The standard InChI is InChI=1S/C20H13Cl2N3O3/c21-15-5-3-6-16(19(15)22)24-20(28)12(9-23)8-13-10-25(11-18(26)27)17-7-2-1-4-14(13)17/h1-8,10H,11H2,(H,24,28)(H,26,27)/b12-8-. The molecule has 6 nitrogen and oxygen atoms in total. The van der Waals surface area contributed by atoms with E-state index in [2.05, 4.69) is 5.32 Å². The van der Waals surface area contributed by atoms with Gasteiger partial charge in [-0.25, -0.2) is 0 Å². The Labute approximate surface area is 170 Å². The fraction of sp³-hybridized carbons (Fsp3) is 0.0500. The third-order valence-electron chi connectivity index (χ3n) is 3.99. The zero-order chi connectivity index (χ0) is 20.3. The highest BCUT2D eigenvalue weighted by atomic mass is 35.5. The number of halogens is 2. The zero-order valence-electron chi connectivity index (χ0n) is 14.3. The summed E-state index contributed by atoms with van der Waals surface area (Å²) in [5.41, 5.74) is 1.37. The Hall–Kier alpha value is -3.27.